The summed E-state index contributed by atoms with van der Waals surface area (Å²) in [6.45, 7) is 6.57. The van der Waals surface area contributed by atoms with E-state index in [2.05, 4.69) is 9.97 Å². The average Bonchev–Trinajstić information content (AvgIpc) is 2.66. The van der Waals surface area contributed by atoms with E-state index in [0.29, 0.717) is 6.61 Å². The Kier molecular flexibility index (Phi) is 3.07. The third-order valence-electron chi connectivity index (χ3n) is 2.38. The number of methoxy groups -OCH3 is 1. The molecule has 0 aliphatic rings. The second kappa shape index (κ2) is 4.37. The molecule has 4 heteroatoms. The molecule has 1 N–H and O–H groups in total. The zero-order valence-electron chi connectivity index (χ0n) is 10.7. The molecular weight excluding hydrogens is 216 g/mol. The molecule has 17 heavy (non-hydrogen) atoms. The van der Waals surface area contributed by atoms with Crippen LogP contribution in [0.25, 0.3) is 11.0 Å². The Balaban J connectivity index is 2.20. The maximum atomic E-state index is 5.68. The van der Waals surface area contributed by atoms with E-state index in [4.69, 9.17) is 9.47 Å². The highest BCUT2D eigenvalue weighted by atomic mass is 16.5. The van der Waals surface area contributed by atoms with Crippen molar-refractivity contribution >= 4 is 11.0 Å². The van der Waals surface area contributed by atoms with Crippen LogP contribution in [0.5, 0.6) is 5.75 Å². The van der Waals surface area contributed by atoms with Crippen molar-refractivity contribution in [3.63, 3.8) is 0 Å². The second-order valence-electron chi connectivity index (χ2n) is 4.97. The second-order valence-corrected chi connectivity index (χ2v) is 4.97. The molecule has 0 radical (unpaired) electrons. The monoisotopic (exact) mass is 234 g/mol. The number of nitrogens with zero attached hydrogens (tertiary/aromatic N) is 1. The Labute approximate surface area is 101 Å². The first-order valence-corrected chi connectivity index (χ1v) is 5.64. The molecule has 1 aromatic heterocycles. The van der Waals surface area contributed by atoms with Gasteiger partial charge in [-0.1, -0.05) is 0 Å². The van der Waals surface area contributed by atoms with Gasteiger partial charge < -0.3 is 14.5 Å². The third kappa shape index (κ3) is 2.97. The van der Waals surface area contributed by atoms with Gasteiger partial charge in [-0.3, -0.25) is 0 Å². The molecule has 2 aromatic rings. The summed E-state index contributed by atoms with van der Waals surface area (Å²) in [5.74, 6) is 1.66. The van der Waals surface area contributed by atoms with Crippen LogP contribution in [0, 0.1) is 0 Å². The van der Waals surface area contributed by atoms with Gasteiger partial charge in [0.2, 0.25) is 0 Å². The van der Waals surface area contributed by atoms with E-state index in [0.717, 1.165) is 22.6 Å². The van der Waals surface area contributed by atoms with Crippen molar-refractivity contribution in [2.75, 3.05) is 7.11 Å². The molecule has 2 rings (SSSR count). The highest BCUT2D eigenvalue weighted by Crippen LogP contribution is 2.19. The number of fused-ring (bicyclic) bond motifs is 1. The van der Waals surface area contributed by atoms with E-state index in [9.17, 15) is 0 Å². The highest BCUT2D eigenvalue weighted by molar-refractivity contribution is 5.76. The number of aromatic nitrogens is 2. The highest BCUT2D eigenvalue weighted by Gasteiger charge is 2.12. The topological polar surface area (TPSA) is 47.1 Å². The van der Waals surface area contributed by atoms with Gasteiger partial charge in [0.05, 0.1) is 23.7 Å². The van der Waals surface area contributed by atoms with E-state index in [1.807, 2.05) is 39.0 Å². The molecule has 0 aliphatic heterocycles. The van der Waals surface area contributed by atoms with Crippen molar-refractivity contribution in [2.24, 2.45) is 0 Å². The van der Waals surface area contributed by atoms with Crippen molar-refractivity contribution in [3.05, 3.63) is 24.0 Å². The Morgan fingerprint density at radius 1 is 1.29 bits per heavy atom. The van der Waals surface area contributed by atoms with Crippen molar-refractivity contribution in [3.8, 4) is 5.75 Å². The van der Waals surface area contributed by atoms with Gasteiger partial charge in [0.15, 0.2) is 0 Å². The van der Waals surface area contributed by atoms with Crippen LogP contribution in [0.3, 0.4) is 0 Å². The average molecular weight is 234 g/mol. The van der Waals surface area contributed by atoms with Gasteiger partial charge in [-0.25, -0.2) is 4.98 Å². The largest absolute Gasteiger partial charge is 0.497 e. The van der Waals surface area contributed by atoms with E-state index < -0.39 is 0 Å². The summed E-state index contributed by atoms with van der Waals surface area (Å²) in [5.41, 5.74) is 1.74. The number of rotatable bonds is 3. The normalized spacial score (nSPS) is 12.0. The molecule has 0 saturated carbocycles. The quantitative estimate of drug-likeness (QED) is 0.888. The molecule has 0 aliphatic carbocycles. The van der Waals surface area contributed by atoms with Crippen LogP contribution in [-0.4, -0.2) is 22.7 Å². The van der Waals surface area contributed by atoms with Crippen molar-refractivity contribution in [1.29, 1.82) is 0 Å². The predicted octanol–water partition coefficient (Wildman–Crippen LogP) is 2.89. The Morgan fingerprint density at radius 2 is 2.06 bits per heavy atom. The summed E-state index contributed by atoms with van der Waals surface area (Å²) >= 11 is 0. The fourth-order valence-corrected chi connectivity index (χ4v) is 1.52. The number of H-pyrrole nitrogens is 1. The van der Waals surface area contributed by atoms with Crippen LogP contribution >= 0.6 is 0 Å². The molecule has 0 saturated heterocycles. The summed E-state index contributed by atoms with van der Waals surface area (Å²) in [7, 11) is 1.65. The zero-order chi connectivity index (χ0) is 12.5. The Hall–Kier alpha value is -1.55. The van der Waals surface area contributed by atoms with Crippen molar-refractivity contribution < 1.29 is 9.47 Å². The van der Waals surface area contributed by atoms with E-state index in [1.165, 1.54) is 0 Å². The predicted molar refractivity (Wildman–Crippen MR) is 67.2 cm³/mol. The van der Waals surface area contributed by atoms with Crippen LogP contribution in [0.15, 0.2) is 18.2 Å². The number of ether oxygens (including phenoxy) is 2. The summed E-state index contributed by atoms with van der Waals surface area (Å²) in [6, 6.07) is 5.77. The van der Waals surface area contributed by atoms with Crippen molar-refractivity contribution in [1.82, 2.24) is 9.97 Å². The first-order valence-electron chi connectivity index (χ1n) is 5.64. The van der Waals surface area contributed by atoms with E-state index in [-0.39, 0.29) is 5.60 Å². The number of nitrogens with one attached hydrogen (secondary N) is 1. The van der Waals surface area contributed by atoms with Crippen LogP contribution in [0.1, 0.15) is 26.6 Å². The lowest BCUT2D eigenvalue weighted by Gasteiger charge is -2.18. The first-order chi connectivity index (χ1) is 7.98. The van der Waals surface area contributed by atoms with E-state index in [1.54, 1.807) is 7.11 Å². The molecule has 92 valence electrons. The summed E-state index contributed by atoms with van der Waals surface area (Å²) in [4.78, 5) is 7.68. The molecule has 0 atom stereocenters. The lowest BCUT2D eigenvalue weighted by molar-refractivity contribution is -0.0177. The fraction of sp³-hybridized carbons (Fsp3) is 0.462. The van der Waals surface area contributed by atoms with Crippen LogP contribution in [0.2, 0.25) is 0 Å². The number of hydrogen-bond donors (Lipinski definition) is 1. The minimum absolute atomic E-state index is 0.156. The molecule has 0 fully saturated rings. The van der Waals surface area contributed by atoms with Gasteiger partial charge in [-0.05, 0) is 32.9 Å². The lowest BCUT2D eigenvalue weighted by Crippen LogP contribution is -2.19. The van der Waals surface area contributed by atoms with Gasteiger partial charge in [-0.15, -0.1) is 0 Å². The molecule has 0 spiro atoms. The van der Waals surface area contributed by atoms with Gasteiger partial charge in [0.1, 0.15) is 18.2 Å². The standard InChI is InChI=1S/C13H18N2O2/c1-13(2,3)17-8-12-14-10-6-5-9(16-4)7-11(10)15-12/h5-7H,8H2,1-4H3,(H,14,15). The van der Waals surface area contributed by atoms with Crippen LogP contribution < -0.4 is 4.74 Å². The Bertz CT molecular complexity index is 512. The van der Waals surface area contributed by atoms with Gasteiger partial charge in [0.25, 0.3) is 0 Å². The molecule has 0 amide bonds. The fourth-order valence-electron chi connectivity index (χ4n) is 1.52. The SMILES string of the molecule is COc1ccc2nc(COC(C)(C)C)[nH]c2c1. The molecule has 0 unspecified atom stereocenters. The van der Waals surface area contributed by atoms with Crippen LogP contribution in [0.4, 0.5) is 0 Å². The maximum Gasteiger partial charge on any atom is 0.133 e. The summed E-state index contributed by atoms with van der Waals surface area (Å²) < 4.78 is 10.8. The summed E-state index contributed by atoms with van der Waals surface area (Å²) in [6.07, 6.45) is 0. The molecule has 1 aromatic carbocycles. The minimum Gasteiger partial charge on any atom is -0.497 e. The molecule has 1 heterocycles. The first kappa shape index (κ1) is 11.9. The summed E-state index contributed by atoms with van der Waals surface area (Å²) in [5, 5.41) is 0. The van der Waals surface area contributed by atoms with Gasteiger partial charge in [0, 0.05) is 6.07 Å². The maximum absolute atomic E-state index is 5.68. The number of imidazole rings is 1. The molecule has 0 bridgehead atoms. The minimum atomic E-state index is -0.156. The van der Waals surface area contributed by atoms with Gasteiger partial charge >= 0.3 is 0 Å². The lowest BCUT2D eigenvalue weighted by atomic mass is 10.2. The van der Waals surface area contributed by atoms with Crippen LogP contribution in [-0.2, 0) is 11.3 Å². The number of aromatic amines is 1. The third-order valence-corrected chi connectivity index (χ3v) is 2.38. The Morgan fingerprint density at radius 3 is 2.71 bits per heavy atom. The smallest absolute Gasteiger partial charge is 0.133 e. The number of benzene rings is 1. The molecule has 4 nitrogen and oxygen atoms in total. The van der Waals surface area contributed by atoms with Crippen molar-refractivity contribution in [2.45, 2.75) is 33.0 Å². The number of hydrogen-bond acceptors (Lipinski definition) is 3. The van der Waals surface area contributed by atoms with E-state index >= 15 is 0 Å². The molecular formula is C13H18N2O2. The van der Waals surface area contributed by atoms with Gasteiger partial charge in [-0.2, -0.15) is 0 Å². The zero-order valence-corrected chi connectivity index (χ0v) is 10.7.